The van der Waals surface area contributed by atoms with E-state index in [0.29, 0.717) is 30.6 Å². The number of ketones is 1. The number of hydrogen-bond acceptors (Lipinski definition) is 2. The monoisotopic (exact) mass is 374 g/mol. The predicted molar refractivity (Wildman–Crippen MR) is 111 cm³/mol. The van der Waals surface area contributed by atoms with Gasteiger partial charge < -0.3 is 4.74 Å². The van der Waals surface area contributed by atoms with Gasteiger partial charge in [-0.3, -0.25) is 4.79 Å². The van der Waals surface area contributed by atoms with Crippen LogP contribution in [0.1, 0.15) is 55.7 Å². The highest BCUT2D eigenvalue weighted by Crippen LogP contribution is 2.62. The summed E-state index contributed by atoms with van der Waals surface area (Å²) in [4.78, 5) is 13.6. The molecular formula is C26H30O2. The maximum Gasteiger partial charge on any atom is 0.144 e. The van der Waals surface area contributed by atoms with Gasteiger partial charge in [-0.2, -0.15) is 0 Å². The van der Waals surface area contributed by atoms with Gasteiger partial charge in [-0.25, -0.2) is 0 Å². The third-order valence-corrected chi connectivity index (χ3v) is 8.10. The lowest BCUT2D eigenvalue weighted by Crippen LogP contribution is -2.56. The number of benzene rings is 2. The van der Waals surface area contributed by atoms with E-state index in [1.54, 1.807) is 0 Å². The third-order valence-electron chi connectivity index (χ3n) is 8.10. The summed E-state index contributed by atoms with van der Waals surface area (Å²) in [6.07, 6.45) is 6.58. The Morgan fingerprint density at radius 2 is 1.79 bits per heavy atom. The molecule has 2 saturated carbocycles. The normalized spacial score (nSPS) is 33.8. The average molecular weight is 375 g/mol. The minimum atomic E-state index is -0.299. The number of fused-ring (bicyclic) bond motifs is 5. The largest absolute Gasteiger partial charge is 0.376 e. The standard InChI is InChI=1S/C26H30O2/c1-25-21-11-6-5-10-20(21)13-14-22(25)23-12-7-15-26(23,16-24(25)27)18-28-17-19-8-3-2-4-9-19/h2-6,8-11,22-23H,7,12-18H2,1H3/t22-,23-,25+,26-/m0/s1. The first-order chi connectivity index (χ1) is 13.6. The number of carbonyl (C=O) groups is 1. The van der Waals surface area contributed by atoms with Gasteiger partial charge >= 0.3 is 0 Å². The van der Waals surface area contributed by atoms with Crippen molar-refractivity contribution >= 4 is 5.78 Å². The van der Waals surface area contributed by atoms with Crippen LogP contribution in [0.2, 0.25) is 0 Å². The smallest absolute Gasteiger partial charge is 0.144 e. The lowest BCUT2D eigenvalue weighted by atomic mass is 9.48. The molecule has 2 heteroatoms. The summed E-state index contributed by atoms with van der Waals surface area (Å²) in [7, 11) is 0. The summed E-state index contributed by atoms with van der Waals surface area (Å²) in [5.41, 5.74) is 3.67. The van der Waals surface area contributed by atoms with E-state index >= 15 is 0 Å². The van der Waals surface area contributed by atoms with Gasteiger partial charge in [0.05, 0.1) is 18.6 Å². The zero-order valence-corrected chi connectivity index (χ0v) is 16.8. The Bertz CT molecular complexity index is 873. The van der Waals surface area contributed by atoms with Crippen molar-refractivity contribution < 1.29 is 9.53 Å². The van der Waals surface area contributed by atoms with Gasteiger partial charge in [0, 0.05) is 11.8 Å². The zero-order chi connectivity index (χ0) is 19.2. The van der Waals surface area contributed by atoms with Gasteiger partial charge in [0.1, 0.15) is 5.78 Å². The number of ether oxygens (including phenoxy) is 1. The number of carbonyl (C=O) groups excluding carboxylic acids is 1. The minimum Gasteiger partial charge on any atom is -0.376 e. The number of aryl methyl sites for hydroxylation is 1. The quantitative estimate of drug-likeness (QED) is 0.708. The highest BCUT2D eigenvalue weighted by Gasteiger charge is 2.61. The Morgan fingerprint density at radius 3 is 2.64 bits per heavy atom. The average Bonchev–Trinajstić information content (AvgIpc) is 3.12. The predicted octanol–water partition coefficient (Wildman–Crippen LogP) is 5.48. The van der Waals surface area contributed by atoms with Crippen LogP contribution in [0, 0.1) is 17.3 Å². The first-order valence-electron chi connectivity index (χ1n) is 10.9. The Kier molecular flexibility index (Phi) is 4.43. The summed E-state index contributed by atoms with van der Waals surface area (Å²) >= 11 is 0. The van der Waals surface area contributed by atoms with Gasteiger partial charge in [0.25, 0.3) is 0 Å². The molecule has 4 atom stereocenters. The molecule has 0 aliphatic heterocycles. The number of Topliss-reactive ketones (excluding diaryl/α,β-unsaturated/α-hetero) is 1. The molecule has 0 radical (unpaired) electrons. The molecule has 0 aromatic heterocycles. The molecule has 0 unspecified atom stereocenters. The fraction of sp³-hybridized carbons (Fsp3) is 0.500. The zero-order valence-electron chi connectivity index (χ0n) is 16.8. The Balaban J connectivity index is 1.41. The highest BCUT2D eigenvalue weighted by atomic mass is 16.5. The summed E-state index contributed by atoms with van der Waals surface area (Å²) in [5, 5.41) is 0. The summed E-state index contributed by atoms with van der Waals surface area (Å²) in [5.74, 6) is 1.52. The SMILES string of the molecule is C[C@]12C(=O)C[C@]3(COCc4ccccc4)CCC[C@H]3[C@@H]1CCc1ccccc12. The van der Waals surface area contributed by atoms with Crippen LogP contribution < -0.4 is 0 Å². The Hall–Kier alpha value is -1.93. The van der Waals surface area contributed by atoms with Crippen molar-refractivity contribution in [2.45, 2.75) is 57.5 Å². The molecule has 3 aliphatic carbocycles. The molecule has 2 fully saturated rings. The van der Waals surface area contributed by atoms with Crippen molar-refractivity contribution in [3.8, 4) is 0 Å². The van der Waals surface area contributed by atoms with Crippen molar-refractivity contribution in [1.29, 1.82) is 0 Å². The lowest BCUT2D eigenvalue weighted by molar-refractivity contribution is -0.143. The molecule has 0 heterocycles. The van der Waals surface area contributed by atoms with Crippen LogP contribution in [0.4, 0.5) is 0 Å². The molecule has 0 saturated heterocycles. The van der Waals surface area contributed by atoms with Crippen molar-refractivity contribution in [2.24, 2.45) is 17.3 Å². The molecule has 0 amide bonds. The van der Waals surface area contributed by atoms with Crippen molar-refractivity contribution in [3.05, 3.63) is 71.3 Å². The second-order valence-electron chi connectivity index (χ2n) is 9.44. The first-order valence-corrected chi connectivity index (χ1v) is 10.9. The fourth-order valence-electron chi connectivity index (χ4n) is 6.70. The highest BCUT2D eigenvalue weighted by molar-refractivity contribution is 5.92. The summed E-state index contributed by atoms with van der Waals surface area (Å²) in [6.45, 7) is 3.62. The molecule has 0 spiro atoms. The topological polar surface area (TPSA) is 26.3 Å². The van der Waals surface area contributed by atoms with E-state index in [0.717, 1.165) is 25.9 Å². The van der Waals surface area contributed by atoms with E-state index in [2.05, 4.69) is 55.5 Å². The molecule has 146 valence electrons. The first kappa shape index (κ1) is 18.1. The molecule has 2 nitrogen and oxygen atoms in total. The van der Waals surface area contributed by atoms with E-state index in [1.165, 1.54) is 29.5 Å². The van der Waals surface area contributed by atoms with Crippen molar-refractivity contribution in [2.75, 3.05) is 6.61 Å². The van der Waals surface area contributed by atoms with Crippen LogP contribution in [0.25, 0.3) is 0 Å². The van der Waals surface area contributed by atoms with Gasteiger partial charge in [-0.05, 0) is 61.1 Å². The van der Waals surface area contributed by atoms with Gasteiger partial charge in [-0.15, -0.1) is 0 Å². The van der Waals surface area contributed by atoms with Crippen LogP contribution in [-0.4, -0.2) is 12.4 Å². The van der Waals surface area contributed by atoms with E-state index in [-0.39, 0.29) is 10.8 Å². The fourth-order valence-corrected chi connectivity index (χ4v) is 6.70. The maximum absolute atomic E-state index is 13.6. The maximum atomic E-state index is 13.6. The molecule has 0 N–H and O–H groups in total. The van der Waals surface area contributed by atoms with E-state index in [4.69, 9.17) is 4.74 Å². The van der Waals surface area contributed by atoms with Gasteiger partial charge in [0.15, 0.2) is 0 Å². The van der Waals surface area contributed by atoms with Crippen LogP contribution in [0.5, 0.6) is 0 Å². The number of rotatable bonds is 4. The van der Waals surface area contributed by atoms with E-state index in [9.17, 15) is 4.79 Å². The summed E-state index contributed by atoms with van der Waals surface area (Å²) < 4.78 is 6.24. The minimum absolute atomic E-state index is 0.0579. The van der Waals surface area contributed by atoms with E-state index < -0.39 is 0 Å². The van der Waals surface area contributed by atoms with Crippen molar-refractivity contribution in [3.63, 3.8) is 0 Å². The van der Waals surface area contributed by atoms with Crippen LogP contribution in [0.3, 0.4) is 0 Å². The second-order valence-corrected chi connectivity index (χ2v) is 9.44. The summed E-state index contributed by atoms with van der Waals surface area (Å²) in [6, 6.07) is 19.1. The second kappa shape index (κ2) is 6.84. The van der Waals surface area contributed by atoms with Gasteiger partial charge in [0.2, 0.25) is 0 Å². The molecule has 2 aromatic carbocycles. The third kappa shape index (κ3) is 2.69. The molecule has 3 aliphatic rings. The van der Waals surface area contributed by atoms with Crippen LogP contribution in [0.15, 0.2) is 54.6 Å². The molecule has 28 heavy (non-hydrogen) atoms. The van der Waals surface area contributed by atoms with E-state index in [1.807, 2.05) is 6.07 Å². The van der Waals surface area contributed by atoms with Crippen LogP contribution >= 0.6 is 0 Å². The molecular weight excluding hydrogens is 344 g/mol. The van der Waals surface area contributed by atoms with Crippen molar-refractivity contribution in [1.82, 2.24) is 0 Å². The molecule has 5 rings (SSSR count). The lowest BCUT2D eigenvalue weighted by Gasteiger charge is -2.54. The Morgan fingerprint density at radius 1 is 1.00 bits per heavy atom. The van der Waals surface area contributed by atoms with Gasteiger partial charge in [-0.1, -0.05) is 61.0 Å². The Labute approximate surface area is 168 Å². The number of hydrogen-bond donors (Lipinski definition) is 0. The molecule has 2 aromatic rings. The van der Waals surface area contributed by atoms with Crippen LogP contribution in [-0.2, 0) is 28.0 Å². The molecule has 0 bridgehead atoms.